The quantitative estimate of drug-likeness (QED) is 0.553. The third kappa shape index (κ3) is 1.86. The second-order valence-corrected chi connectivity index (χ2v) is 8.56. The van der Waals surface area contributed by atoms with Crippen LogP contribution in [0, 0.1) is 11.8 Å². The first-order valence-corrected chi connectivity index (χ1v) is 9.96. The summed E-state index contributed by atoms with van der Waals surface area (Å²) in [5.74, 6) is 2.30. The van der Waals surface area contributed by atoms with Crippen molar-refractivity contribution in [3.05, 3.63) is 59.2 Å². The second-order valence-electron chi connectivity index (χ2n) is 8.56. The lowest BCUT2D eigenvalue weighted by Crippen LogP contribution is -2.36. The lowest BCUT2D eigenvalue weighted by molar-refractivity contribution is 0.300. The normalized spacial score (nSPS) is 31.8. The van der Waals surface area contributed by atoms with Gasteiger partial charge < -0.3 is 0 Å². The molecular formula is C24H28. The number of rotatable bonds is 2. The van der Waals surface area contributed by atoms with Gasteiger partial charge in [0.1, 0.15) is 0 Å². The fourth-order valence-corrected chi connectivity index (χ4v) is 6.19. The van der Waals surface area contributed by atoms with Gasteiger partial charge in [0.2, 0.25) is 0 Å². The van der Waals surface area contributed by atoms with Crippen LogP contribution in [0.3, 0.4) is 0 Å². The molecule has 2 aromatic rings. The molecule has 1 spiro atoms. The van der Waals surface area contributed by atoms with Crippen molar-refractivity contribution in [2.45, 2.75) is 63.7 Å². The Kier molecular flexibility index (Phi) is 3.21. The van der Waals surface area contributed by atoms with E-state index >= 15 is 0 Å². The van der Waals surface area contributed by atoms with E-state index in [0.29, 0.717) is 11.3 Å². The number of allylic oxidation sites excluding steroid dienone is 2. The number of aryl methyl sites for hydroxylation is 1. The van der Waals surface area contributed by atoms with Crippen molar-refractivity contribution in [2.24, 2.45) is 11.8 Å². The lowest BCUT2D eigenvalue weighted by Gasteiger charge is -2.44. The predicted octanol–water partition coefficient (Wildman–Crippen LogP) is 6.52. The minimum atomic E-state index is 0.454. The van der Waals surface area contributed by atoms with Crippen molar-refractivity contribution < 1.29 is 0 Å². The topological polar surface area (TPSA) is 0 Å². The zero-order valence-electron chi connectivity index (χ0n) is 15.0. The summed E-state index contributed by atoms with van der Waals surface area (Å²) in [6.07, 6.45) is 13.2. The Morgan fingerprint density at radius 3 is 2.83 bits per heavy atom. The summed E-state index contributed by atoms with van der Waals surface area (Å²) in [7, 11) is 0. The van der Waals surface area contributed by atoms with Crippen molar-refractivity contribution in [1.29, 1.82) is 0 Å². The van der Waals surface area contributed by atoms with Crippen LogP contribution in [0.1, 0.15) is 68.6 Å². The van der Waals surface area contributed by atoms with E-state index < -0.39 is 0 Å². The van der Waals surface area contributed by atoms with E-state index in [1.165, 1.54) is 49.3 Å². The van der Waals surface area contributed by atoms with E-state index in [1.807, 2.05) is 0 Å². The number of benzene rings is 2. The zero-order valence-corrected chi connectivity index (χ0v) is 15.0. The highest BCUT2D eigenvalue weighted by atomic mass is 14.6. The van der Waals surface area contributed by atoms with Crippen LogP contribution in [0.4, 0.5) is 0 Å². The Bertz CT molecular complexity index is 827. The molecule has 0 heterocycles. The molecule has 2 aromatic carbocycles. The maximum Gasteiger partial charge on any atom is 0.00274 e. The molecule has 124 valence electrons. The summed E-state index contributed by atoms with van der Waals surface area (Å²) >= 11 is 0. The van der Waals surface area contributed by atoms with E-state index in [1.54, 1.807) is 16.7 Å². The van der Waals surface area contributed by atoms with Crippen LogP contribution in [0.25, 0.3) is 10.8 Å². The van der Waals surface area contributed by atoms with E-state index in [0.717, 1.165) is 11.8 Å². The highest BCUT2D eigenvalue weighted by molar-refractivity contribution is 5.89. The first kappa shape index (κ1) is 14.8. The summed E-state index contributed by atoms with van der Waals surface area (Å²) in [6.45, 7) is 4.81. The van der Waals surface area contributed by atoms with Gasteiger partial charge >= 0.3 is 0 Å². The minimum Gasteiger partial charge on any atom is -0.0851 e. The average Bonchev–Trinajstić information content (AvgIpc) is 3.21. The molecule has 4 atom stereocenters. The molecule has 3 aliphatic rings. The van der Waals surface area contributed by atoms with E-state index in [-0.39, 0.29) is 0 Å². The van der Waals surface area contributed by atoms with Crippen LogP contribution in [0.5, 0.6) is 0 Å². The van der Waals surface area contributed by atoms with Gasteiger partial charge in [-0.15, -0.1) is 0 Å². The van der Waals surface area contributed by atoms with Crippen molar-refractivity contribution in [3.8, 4) is 0 Å². The molecule has 0 aliphatic heterocycles. The molecule has 0 saturated heterocycles. The molecule has 0 N–H and O–H groups in total. The smallest absolute Gasteiger partial charge is 0.00274 e. The molecule has 24 heavy (non-hydrogen) atoms. The van der Waals surface area contributed by atoms with Gasteiger partial charge in [0, 0.05) is 5.41 Å². The van der Waals surface area contributed by atoms with Gasteiger partial charge in [0.05, 0.1) is 0 Å². The van der Waals surface area contributed by atoms with E-state index in [2.05, 4.69) is 56.3 Å². The predicted molar refractivity (Wildman–Crippen MR) is 103 cm³/mol. The average molecular weight is 316 g/mol. The largest absolute Gasteiger partial charge is 0.0851 e. The highest BCUT2D eigenvalue weighted by Gasteiger charge is 2.52. The Balaban J connectivity index is 1.84. The maximum absolute atomic E-state index is 2.57. The number of hydrogen-bond acceptors (Lipinski definition) is 0. The summed E-state index contributed by atoms with van der Waals surface area (Å²) < 4.78 is 0. The zero-order chi connectivity index (χ0) is 16.3. The molecule has 0 radical (unpaired) electrons. The van der Waals surface area contributed by atoms with Crippen LogP contribution in [-0.2, 0) is 11.8 Å². The molecule has 0 heteroatoms. The van der Waals surface area contributed by atoms with Gasteiger partial charge in [-0.3, -0.25) is 0 Å². The molecule has 1 fully saturated rings. The van der Waals surface area contributed by atoms with Gasteiger partial charge in [-0.25, -0.2) is 0 Å². The van der Waals surface area contributed by atoms with Crippen LogP contribution in [-0.4, -0.2) is 0 Å². The fourth-order valence-electron chi connectivity index (χ4n) is 6.19. The Labute approximate surface area is 146 Å². The van der Waals surface area contributed by atoms with Gasteiger partial charge in [-0.05, 0) is 83.7 Å². The summed E-state index contributed by atoms with van der Waals surface area (Å²) in [4.78, 5) is 0. The van der Waals surface area contributed by atoms with Crippen LogP contribution in [0.2, 0.25) is 0 Å². The molecular weight excluding hydrogens is 288 g/mol. The Morgan fingerprint density at radius 2 is 2.08 bits per heavy atom. The molecule has 2 bridgehead atoms. The second kappa shape index (κ2) is 5.22. The summed E-state index contributed by atoms with van der Waals surface area (Å²) in [5.41, 5.74) is 5.62. The molecule has 5 rings (SSSR count). The third-order valence-electron chi connectivity index (χ3n) is 7.35. The van der Waals surface area contributed by atoms with Gasteiger partial charge in [0.25, 0.3) is 0 Å². The maximum atomic E-state index is 2.57. The lowest BCUT2D eigenvalue weighted by atomic mass is 9.60. The molecule has 0 amide bonds. The van der Waals surface area contributed by atoms with Gasteiger partial charge in [-0.2, -0.15) is 0 Å². The van der Waals surface area contributed by atoms with Crippen LogP contribution in [0.15, 0.2) is 42.5 Å². The van der Waals surface area contributed by atoms with Gasteiger partial charge in [0.15, 0.2) is 0 Å². The fraction of sp³-hybridized carbons (Fsp3) is 0.500. The minimum absolute atomic E-state index is 0.454. The van der Waals surface area contributed by atoms with Crippen LogP contribution < -0.4 is 0 Å². The summed E-state index contributed by atoms with van der Waals surface area (Å²) in [5, 5.41) is 2.99. The van der Waals surface area contributed by atoms with Crippen molar-refractivity contribution in [2.75, 3.05) is 0 Å². The Morgan fingerprint density at radius 1 is 1.21 bits per heavy atom. The van der Waals surface area contributed by atoms with Crippen LogP contribution >= 0.6 is 0 Å². The molecule has 0 nitrogen and oxygen atoms in total. The molecule has 1 saturated carbocycles. The highest BCUT2D eigenvalue weighted by Crippen LogP contribution is 2.60. The first-order chi connectivity index (χ1) is 11.7. The third-order valence-corrected chi connectivity index (χ3v) is 7.35. The molecule has 0 aromatic heterocycles. The monoisotopic (exact) mass is 316 g/mol. The Hall–Kier alpha value is -1.56. The summed E-state index contributed by atoms with van der Waals surface area (Å²) in [6, 6.07) is 11.7. The van der Waals surface area contributed by atoms with E-state index in [4.69, 9.17) is 0 Å². The first-order valence-electron chi connectivity index (χ1n) is 9.96. The van der Waals surface area contributed by atoms with Gasteiger partial charge in [-0.1, -0.05) is 56.3 Å². The standard InChI is InChI=1S/C24H28/c1-3-16(2)22-21-9-5-4-7-18(21)14-19-8-6-12-24(23(19)22)15-17-10-11-20(24)13-17/h4-5,7,9-11,14,16-17,20H,3,6,8,12-13,15H2,1-2H3. The van der Waals surface area contributed by atoms with E-state index in [9.17, 15) is 0 Å². The SMILES string of the molecule is CCC(C)c1c2c(cc3ccccc13)CCCC21CC2C=CC1C2. The molecule has 3 aliphatic carbocycles. The molecule has 4 unspecified atom stereocenters. The van der Waals surface area contributed by atoms with Crippen molar-refractivity contribution >= 4 is 10.8 Å². The van der Waals surface area contributed by atoms with Crippen molar-refractivity contribution in [1.82, 2.24) is 0 Å². The van der Waals surface area contributed by atoms with Crippen molar-refractivity contribution in [3.63, 3.8) is 0 Å². The number of hydrogen-bond donors (Lipinski definition) is 0. The number of fused-ring (bicyclic) bond motifs is 6.